The fourth-order valence-electron chi connectivity index (χ4n) is 5.81. The Morgan fingerprint density at radius 2 is 1.87 bits per heavy atom. The first-order valence-electron chi connectivity index (χ1n) is 13.9. The van der Waals surface area contributed by atoms with Crippen molar-refractivity contribution in [2.24, 2.45) is 0 Å². The first kappa shape index (κ1) is 31.1. The summed E-state index contributed by atoms with van der Waals surface area (Å²) in [6.45, 7) is 2.44. The Kier molecular flexibility index (Phi) is 8.12. The minimum atomic E-state index is -5.01. The van der Waals surface area contributed by atoms with Crippen molar-refractivity contribution in [3.63, 3.8) is 0 Å². The van der Waals surface area contributed by atoms with Gasteiger partial charge in [-0.3, -0.25) is 4.90 Å². The molecule has 45 heavy (non-hydrogen) atoms. The van der Waals surface area contributed by atoms with Crippen molar-refractivity contribution in [1.82, 2.24) is 14.9 Å². The number of methoxy groups -OCH3 is 1. The molecule has 16 heteroatoms. The maximum atomic E-state index is 16.3. The van der Waals surface area contributed by atoms with Crippen LogP contribution in [0.15, 0.2) is 18.2 Å². The highest BCUT2D eigenvalue weighted by Crippen LogP contribution is 2.48. The Morgan fingerprint density at radius 3 is 2.40 bits per heavy atom. The monoisotopic (exact) mass is 654 g/mol. The third kappa shape index (κ3) is 5.68. The zero-order valence-electron chi connectivity index (χ0n) is 23.6. The third-order valence-corrected chi connectivity index (χ3v) is 9.01. The summed E-state index contributed by atoms with van der Waals surface area (Å²) >= 11 is 0.706. The molecule has 8 nitrogen and oxygen atoms in total. The molecule has 2 aromatic carbocycles. The normalized spacial score (nSPS) is 19.6. The molecule has 0 spiro atoms. The number of halogens is 7. The van der Waals surface area contributed by atoms with E-state index < -0.39 is 40.9 Å². The number of anilines is 2. The van der Waals surface area contributed by atoms with E-state index >= 15 is 4.39 Å². The molecule has 0 amide bonds. The van der Waals surface area contributed by atoms with E-state index in [1.807, 2.05) is 0 Å². The summed E-state index contributed by atoms with van der Waals surface area (Å²) in [5.74, 6) is -1.99. The fraction of sp³-hybridized carbons (Fsp3) is 0.414. The first-order chi connectivity index (χ1) is 21.4. The van der Waals surface area contributed by atoms with Crippen LogP contribution in [0.4, 0.5) is 41.6 Å². The number of aromatic nitrogens is 2. The van der Waals surface area contributed by atoms with Crippen LogP contribution in [0.3, 0.4) is 0 Å². The highest BCUT2D eigenvalue weighted by Gasteiger charge is 2.41. The first-order valence-corrected chi connectivity index (χ1v) is 14.7. The van der Waals surface area contributed by atoms with E-state index in [1.165, 1.54) is 7.11 Å². The van der Waals surface area contributed by atoms with Gasteiger partial charge < -0.3 is 20.1 Å². The Bertz CT molecular complexity index is 1810. The second-order valence-corrected chi connectivity index (χ2v) is 11.9. The summed E-state index contributed by atoms with van der Waals surface area (Å²) in [6.07, 6.45) is -5.43. The van der Waals surface area contributed by atoms with E-state index in [1.54, 1.807) is 15.9 Å². The van der Waals surface area contributed by atoms with Gasteiger partial charge >= 0.3 is 12.2 Å². The molecule has 2 atom stereocenters. The second kappa shape index (κ2) is 11.8. The van der Waals surface area contributed by atoms with Crippen molar-refractivity contribution in [2.75, 3.05) is 50.5 Å². The third-order valence-electron chi connectivity index (χ3n) is 7.98. The van der Waals surface area contributed by atoms with Crippen molar-refractivity contribution < 1.29 is 40.2 Å². The minimum Gasteiger partial charge on any atom is -0.467 e. The summed E-state index contributed by atoms with van der Waals surface area (Å²) in [4.78, 5) is 11.8. The lowest BCUT2D eigenvalue weighted by atomic mass is 9.92. The fourth-order valence-corrected chi connectivity index (χ4v) is 6.76. The molecule has 2 bridgehead atoms. The van der Waals surface area contributed by atoms with Gasteiger partial charge in [0.15, 0.2) is 5.82 Å². The van der Waals surface area contributed by atoms with E-state index in [-0.39, 0.29) is 62.2 Å². The van der Waals surface area contributed by atoms with Gasteiger partial charge in [-0.1, -0.05) is 6.07 Å². The number of nitriles is 1. The summed E-state index contributed by atoms with van der Waals surface area (Å²) in [5, 5.41) is 9.17. The number of fused-ring (bicyclic) bond motifs is 4. The molecule has 4 aromatic rings. The molecule has 0 radical (unpaired) electrons. The average Bonchev–Trinajstić information content (AvgIpc) is 3.31. The smallest absolute Gasteiger partial charge is 0.417 e. The molecule has 8 rings (SSSR count). The van der Waals surface area contributed by atoms with Crippen LogP contribution in [0.5, 0.6) is 6.01 Å². The number of ether oxygens (including phenoxy) is 2. The lowest BCUT2D eigenvalue weighted by Gasteiger charge is -2.47. The van der Waals surface area contributed by atoms with Gasteiger partial charge in [-0.2, -0.15) is 28.4 Å². The molecule has 4 fully saturated rings. The molecule has 0 saturated carbocycles. The van der Waals surface area contributed by atoms with Crippen LogP contribution in [-0.4, -0.2) is 73.3 Å². The second-order valence-electron chi connectivity index (χ2n) is 10.9. The molecule has 2 N–H and O–H groups in total. The number of alkyl halides is 5. The van der Waals surface area contributed by atoms with Gasteiger partial charge in [-0.15, -0.1) is 11.3 Å². The van der Waals surface area contributed by atoms with Crippen molar-refractivity contribution >= 4 is 43.1 Å². The number of likely N-dealkylation sites (tertiary alicyclic amines) is 1. The van der Waals surface area contributed by atoms with Crippen LogP contribution in [0, 0.1) is 23.0 Å². The van der Waals surface area contributed by atoms with E-state index in [0.29, 0.717) is 24.4 Å². The number of hydrogen-bond donors (Lipinski definition) is 1. The van der Waals surface area contributed by atoms with Crippen LogP contribution in [0.25, 0.3) is 32.1 Å². The molecule has 4 aliphatic heterocycles. The Balaban J connectivity index is 0.000000390. The van der Waals surface area contributed by atoms with Gasteiger partial charge in [0.25, 0.3) is 6.43 Å². The van der Waals surface area contributed by atoms with Gasteiger partial charge in [0.05, 0.1) is 41.7 Å². The average molecular weight is 655 g/mol. The Labute approximate surface area is 255 Å². The molecule has 4 saturated heterocycles. The number of hydrogen-bond acceptors (Lipinski definition) is 9. The van der Waals surface area contributed by atoms with Gasteiger partial charge in [0.1, 0.15) is 28.2 Å². The van der Waals surface area contributed by atoms with Crippen LogP contribution in [0.2, 0.25) is 0 Å². The molecule has 4 aliphatic rings. The number of thiophene rings is 1. The number of nitrogens with zero attached hydrogens (tertiary/aromatic N) is 5. The van der Waals surface area contributed by atoms with Gasteiger partial charge in [0.2, 0.25) is 0 Å². The lowest BCUT2D eigenvalue weighted by Crippen LogP contribution is -2.57. The van der Waals surface area contributed by atoms with E-state index in [9.17, 15) is 31.6 Å². The molecule has 6 heterocycles. The highest BCUT2D eigenvalue weighted by molar-refractivity contribution is 7.23. The van der Waals surface area contributed by atoms with Gasteiger partial charge in [-0.05, 0) is 37.2 Å². The summed E-state index contributed by atoms with van der Waals surface area (Å²) < 4.78 is 108. The largest absolute Gasteiger partial charge is 0.467 e. The van der Waals surface area contributed by atoms with Gasteiger partial charge in [-0.25, -0.2) is 17.6 Å². The number of nitrogens with two attached hydrogens (primary N) is 1. The summed E-state index contributed by atoms with van der Waals surface area (Å²) in [7, 11) is 1.27. The quantitative estimate of drug-likeness (QED) is 0.254. The Morgan fingerprint density at radius 1 is 1.18 bits per heavy atom. The zero-order valence-corrected chi connectivity index (χ0v) is 24.4. The summed E-state index contributed by atoms with van der Waals surface area (Å²) in [6, 6.07) is 4.30. The SMILES string of the molecule is COc1nc(N2CC3CC(C2)O3)c2cc(C(F)(F)F)c(-c3ccc(F)c4sc(N)c(C#N)c34)c(F)c2n1.FC(F)CN1CCC1. The molecular weight excluding hydrogens is 629 g/mol. The number of rotatable bonds is 5. The van der Waals surface area contributed by atoms with E-state index in [0.717, 1.165) is 44.1 Å². The molecule has 0 aliphatic carbocycles. The zero-order chi connectivity index (χ0) is 32.2. The van der Waals surface area contributed by atoms with Crippen molar-refractivity contribution in [2.45, 2.75) is 37.7 Å². The molecule has 2 aromatic heterocycles. The summed E-state index contributed by atoms with van der Waals surface area (Å²) in [5.41, 5.74) is 2.73. The van der Waals surface area contributed by atoms with Crippen molar-refractivity contribution in [3.05, 3.63) is 41.0 Å². The Hall–Kier alpha value is -3.94. The number of nitrogen functional groups attached to an aromatic ring is 1. The van der Waals surface area contributed by atoms with Crippen LogP contribution >= 0.6 is 11.3 Å². The molecule has 238 valence electrons. The van der Waals surface area contributed by atoms with Crippen LogP contribution in [0.1, 0.15) is 24.0 Å². The van der Waals surface area contributed by atoms with Crippen LogP contribution < -0.4 is 15.4 Å². The van der Waals surface area contributed by atoms with Crippen molar-refractivity contribution in [1.29, 1.82) is 5.26 Å². The highest BCUT2D eigenvalue weighted by atomic mass is 32.1. The van der Waals surface area contributed by atoms with Crippen LogP contribution in [-0.2, 0) is 10.9 Å². The standard InChI is InChI=1S/C24H16F5N5O2S.C5H9F2N/c1-35-23-32-19-12(22(33-23)34-7-9-4-10(8-34)36-9)5-14(24(27,28)29)17(18(19)26)11-2-3-15(25)20-16(11)13(6-30)21(31)37-20;6-5(7)4-8-2-1-3-8/h2-3,5,9-10H,4,7-8,31H2,1H3;5H,1-4H2. The number of morpholine rings is 1. The molecule has 2 unspecified atom stereocenters. The molecular formula is C29H25F7N6O2S. The minimum absolute atomic E-state index is 0.0278. The number of benzene rings is 2. The van der Waals surface area contributed by atoms with Crippen molar-refractivity contribution in [3.8, 4) is 23.2 Å². The number of piperidine rings is 1. The van der Waals surface area contributed by atoms with E-state index in [2.05, 4.69) is 9.97 Å². The maximum Gasteiger partial charge on any atom is 0.417 e. The lowest BCUT2D eigenvalue weighted by molar-refractivity contribution is -0.137. The van der Waals surface area contributed by atoms with E-state index in [4.69, 9.17) is 15.2 Å². The predicted octanol–water partition coefficient (Wildman–Crippen LogP) is 6.21. The van der Waals surface area contributed by atoms with Gasteiger partial charge in [0, 0.05) is 35.8 Å². The topological polar surface area (TPSA) is 101 Å². The maximum absolute atomic E-state index is 16.3. The predicted molar refractivity (Wildman–Crippen MR) is 154 cm³/mol.